The van der Waals surface area contributed by atoms with E-state index in [-0.39, 0.29) is 18.4 Å². The fourth-order valence-electron chi connectivity index (χ4n) is 2.02. The van der Waals surface area contributed by atoms with Crippen molar-refractivity contribution in [2.45, 2.75) is 19.3 Å². The zero-order valence-corrected chi connectivity index (χ0v) is 7.28. The van der Waals surface area contributed by atoms with E-state index in [1.807, 2.05) is 0 Å². The number of hydrogen-bond donors (Lipinski definition) is 2. The maximum atomic E-state index is 10.5. The first-order valence-electron chi connectivity index (χ1n) is 4.58. The summed E-state index contributed by atoms with van der Waals surface area (Å²) in [6.07, 6.45) is 3.77. The van der Waals surface area contributed by atoms with Crippen LogP contribution in [0.15, 0.2) is 0 Å². The Kier molecular flexibility index (Phi) is 3.69. The van der Waals surface area contributed by atoms with Gasteiger partial charge >= 0.3 is 0 Å². The van der Waals surface area contributed by atoms with Crippen LogP contribution >= 0.6 is 0 Å². The van der Waals surface area contributed by atoms with Crippen LogP contribution in [0.5, 0.6) is 0 Å². The number of carbonyl (C=O) groups excluding carboxylic acids is 1. The number of aliphatic hydroxyl groups is 1. The van der Waals surface area contributed by atoms with Crippen LogP contribution in [-0.2, 0) is 4.79 Å². The second kappa shape index (κ2) is 4.58. The van der Waals surface area contributed by atoms with Crippen LogP contribution in [0.1, 0.15) is 19.3 Å². The molecule has 0 saturated heterocycles. The first-order chi connectivity index (χ1) is 5.81. The van der Waals surface area contributed by atoms with Gasteiger partial charge in [0.1, 0.15) is 6.29 Å². The third kappa shape index (κ3) is 2.05. The Hall–Kier alpha value is -0.410. The molecule has 12 heavy (non-hydrogen) atoms. The van der Waals surface area contributed by atoms with E-state index in [1.165, 1.54) is 0 Å². The van der Waals surface area contributed by atoms with Gasteiger partial charge in [-0.05, 0) is 37.6 Å². The zero-order chi connectivity index (χ0) is 8.97. The highest BCUT2D eigenvalue weighted by molar-refractivity contribution is 5.53. The van der Waals surface area contributed by atoms with Crippen LogP contribution in [0.25, 0.3) is 0 Å². The summed E-state index contributed by atoms with van der Waals surface area (Å²) in [5, 5.41) is 9.03. The number of nitrogens with two attached hydrogens (primary N) is 1. The Morgan fingerprint density at radius 1 is 1.42 bits per heavy atom. The van der Waals surface area contributed by atoms with Crippen LogP contribution in [0.2, 0.25) is 0 Å². The molecule has 1 rings (SSSR count). The van der Waals surface area contributed by atoms with Crippen molar-refractivity contribution in [3.63, 3.8) is 0 Å². The first kappa shape index (κ1) is 9.68. The van der Waals surface area contributed by atoms with Gasteiger partial charge in [0.15, 0.2) is 0 Å². The second-order valence-corrected chi connectivity index (χ2v) is 3.65. The molecule has 0 amide bonds. The number of hydrogen-bond acceptors (Lipinski definition) is 3. The van der Waals surface area contributed by atoms with Gasteiger partial charge in [-0.3, -0.25) is 0 Å². The quantitative estimate of drug-likeness (QED) is 0.595. The summed E-state index contributed by atoms with van der Waals surface area (Å²) >= 11 is 0. The number of aliphatic hydroxyl groups excluding tert-OH is 1. The average molecular weight is 171 g/mol. The number of aldehydes is 1. The van der Waals surface area contributed by atoms with E-state index in [1.54, 1.807) is 0 Å². The van der Waals surface area contributed by atoms with E-state index in [2.05, 4.69) is 0 Å². The molecule has 0 bridgehead atoms. The highest BCUT2D eigenvalue weighted by atomic mass is 16.3. The van der Waals surface area contributed by atoms with Gasteiger partial charge in [-0.2, -0.15) is 0 Å². The highest BCUT2D eigenvalue weighted by Crippen LogP contribution is 2.31. The molecule has 0 aromatic carbocycles. The van der Waals surface area contributed by atoms with Gasteiger partial charge in [0.05, 0.1) is 0 Å². The fourth-order valence-corrected chi connectivity index (χ4v) is 2.02. The van der Waals surface area contributed by atoms with E-state index in [0.29, 0.717) is 12.5 Å². The largest absolute Gasteiger partial charge is 0.396 e. The standard InChI is InChI=1S/C9H17NO2/c10-4-8-2-1-7(5-11)3-9(8)6-12/h5,7-9,12H,1-4,6,10H2/t7-,8?,9-/m1/s1. The third-order valence-electron chi connectivity index (χ3n) is 2.91. The first-order valence-corrected chi connectivity index (χ1v) is 4.58. The molecule has 0 aromatic heterocycles. The van der Waals surface area contributed by atoms with Crippen LogP contribution < -0.4 is 5.73 Å². The molecular weight excluding hydrogens is 154 g/mol. The fraction of sp³-hybridized carbons (Fsp3) is 0.889. The minimum Gasteiger partial charge on any atom is -0.396 e. The number of rotatable bonds is 3. The molecule has 1 saturated carbocycles. The summed E-state index contributed by atoms with van der Waals surface area (Å²) in [5.74, 6) is 0.829. The summed E-state index contributed by atoms with van der Waals surface area (Å²) in [6, 6.07) is 0. The summed E-state index contributed by atoms with van der Waals surface area (Å²) in [4.78, 5) is 10.5. The van der Waals surface area contributed by atoms with Gasteiger partial charge in [0.2, 0.25) is 0 Å². The Bertz CT molecular complexity index is 149. The highest BCUT2D eigenvalue weighted by Gasteiger charge is 2.28. The van der Waals surface area contributed by atoms with E-state index in [4.69, 9.17) is 10.8 Å². The monoisotopic (exact) mass is 171 g/mol. The Balaban J connectivity index is 2.46. The van der Waals surface area contributed by atoms with Crippen molar-refractivity contribution in [1.82, 2.24) is 0 Å². The maximum Gasteiger partial charge on any atom is 0.123 e. The van der Waals surface area contributed by atoms with Gasteiger partial charge in [0.25, 0.3) is 0 Å². The molecule has 0 radical (unpaired) electrons. The van der Waals surface area contributed by atoms with Crippen molar-refractivity contribution in [2.75, 3.05) is 13.2 Å². The van der Waals surface area contributed by atoms with Gasteiger partial charge in [0, 0.05) is 12.5 Å². The lowest BCUT2D eigenvalue weighted by atomic mass is 9.75. The van der Waals surface area contributed by atoms with Crippen molar-refractivity contribution < 1.29 is 9.90 Å². The van der Waals surface area contributed by atoms with E-state index in [0.717, 1.165) is 25.5 Å². The normalized spacial score (nSPS) is 36.3. The van der Waals surface area contributed by atoms with E-state index < -0.39 is 0 Å². The summed E-state index contributed by atoms with van der Waals surface area (Å²) in [6.45, 7) is 0.809. The van der Waals surface area contributed by atoms with Gasteiger partial charge in [-0.25, -0.2) is 0 Å². The molecule has 3 N–H and O–H groups in total. The molecule has 1 fully saturated rings. The van der Waals surface area contributed by atoms with E-state index >= 15 is 0 Å². The molecule has 3 heteroatoms. The van der Waals surface area contributed by atoms with Crippen molar-refractivity contribution in [3.05, 3.63) is 0 Å². The molecule has 3 atom stereocenters. The number of carbonyl (C=O) groups is 1. The molecule has 0 aromatic rings. The Morgan fingerprint density at radius 3 is 2.67 bits per heavy atom. The second-order valence-electron chi connectivity index (χ2n) is 3.65. The van der Waals surface area contributed by atoms with Crippen molar-refractivity contribution >= 4 is 6.29 Å². The third-order valence-corrected chi connectivity index (χ3v) is 2.91. The Labute approximate surface area is 72.9 Å². The molecule has 1 aliphatic rings. The molecular formula is C9H17NO2. The minimum atomic E-state index is 0.157. The summed E-state index contributed by atoms with van der Waals surface area (Å²) in [5.41, 5.74) is 5.56. The molecule has 1 aliphatic carbocycles. The molecule has 0 heterocycles. The zero-order valence-electron chi connectivity index (χ0n) is 7.28. The lowest BCUT2D eigenvalue weighted by Crippen LogP contribution is -2.32. The molecule has 70 valence electrons. The lowest BCUT2D eigenvalue weighted by molar-refractivity contribution is -0.113. The molecule has 3 nitrogen and oxygen atoms in total. The van der Waals surface area contributed by atoms with Crippen molar-refractivity contribution in [1.29, 1.82) is 0 Å². The van der Waals surface area contributed by atoms with Crippen LogP contribution in [0.3, 0.4) is 0 Å². The topological polar surface area (TPSA) is 63.3 Å². The average Bonchev–Trinajstić information content (AvgIpc) is 2.16. The van der Waals surface area contributed by atoms with Gasteiger partial charge < -0.3 is 15.6 Å². The Morgan fingerprint density at radius 2 is 2.17 bits per heavy atom. The minimum absolute atomic E-state index is 0.157. The van der Waals surface area contributed by atoms with Gasteiger partial charge in [-0.1, -0.05) is 0 Å². The maximum absolute atomic E-state index is 10.5. The molecule has 0 spiro atoms. The van der Waals surface area contributed by atoms with Crippen LogP contribution in [0, 0.1) is 17.8 Å². The SMILES string of the molecule is NCC1CC[C@@H](C=O)C[C@@H]1CO. The van der Waals surface area contributed by atoms with Crippen molar-refractivity contribution in [3.8, 4) is 0 Å². The summed E-state index contributed by atoms with van der Waals surface area (Å²) < 4.78 is 0. The van der Waals surface area contributed by atoms with Crippen LogP contribution in [-0.4, -0.2) is 24.5 Å². The van der Waals surface area contributed by atoms with Crippen LogP contribution in [0.4, 0.5) is 0 Å². The molecule has 0 aliphatic heterocycles. The van der Waals surface area contributed by atoms with Gasteiger partial charge in [-0.15, -0.1) is 0 Å². The smallest absolute Gasteiger partial charge is 0.123 e. The van der Waals surface area contributed by atoms with E-state index in [9.17, 15) is 4.79 Å². The predicted molar refractivity (Wildman–Crippen MR) is 46.5 cm³/mol. The lowest BCUT2D eigenvalue weighted by Gasteiger charge is -2.32. The summed E-state index contributed by atoms with van der Waals surface area (Å²) in [7, 11) is 0. The molecule has 1 unspecified atom stereocenters. The van der Waals surface area contributed by atoms with Crippen molar-refractivity contribution in [2.24, 2.45) is 23.5 Å². The predicted octanol–water partition coefficient (Wildman–Crippen LogP) is 0.169.